The van der Waals surface area contributed by atoms with E-state index in [-0.39, 0.29) is 0 Å². The van der Waals surface area contributed by atoms with Gasteiger partial charge in [0.1, 0.15) is 0 Å². The third-order valence-electron chi connectivity index (χ3n) is 3.60. The van der Waals surface area contributed by atoms with Crippen molar-refractivity contribution in [3.8, 4) is 0 Å². The molecule has 0 unspecified atom stereocenters. The monoisotopic (exact) mass is 255 g/mol. The summed E-state index contributed by atoms with van der Waals surface area (Å²) in [5.74, 6) is 0. The SMILES string of the molecule is CCCN(CCC)CCCN1CCC(=NO)CC1. The number of rotatable bonds is 8. The van der Waals surface area contributed by atoms with Crippen molar-refractivity contribution in [2.24, 2.45) is 5.16 Å². The smallest absolute Gasteiger partial charge is 0.0596 e. The van der Waals surface area contributed by atoms with Crippen molar-refractivity contribution >= 4 is 5.71 Å². The number of hydrogen-bond acceptors (Lipinski definition) is 4. The van der Waals surface area contributed by atoms with E-state index < -0.39 is 0 Å². The first-order valence-corrected chi connectivity index (χ1v) is 7.44. The minimum absolute atomic E-state index is 0.935. The molecule has 4 nitrogen and oxygen atoms in total. The maximum absolute atomic E-state index is 8.71. The van der Waals surface area contributed by atoms with E-state index in [9.17, 15) is 0 Å². The zero-order valence-corrected chi connectivity index (χ0v) is 12.1. The van der Waals surface area contributed by atoms with Gasteiger partial charge in [-0.3, -0.25) is 0 Å². The van der Waals surface area contributed by atoms with Crippen molar-refractivity contribution in [1.29, 1.82) is 0 Å². The summed E-state index contributed by atoms with van der Waals surface area (Å²) in [5.41, 5.74) is 0.963. The molecule has 1 N–H and O–H groups in total. The van der Waals surface area contributed by atoms with Crippen LogP contribution in [0.4, 0.5) is 0 Å². The fourth-order valence-corrected chi connectivity index (χ4v) is 2.62. The molecule has 1 heterocycles. The van der Waals surface area contributed by atoms with Crippen LogP contribution in [0.25, 0.3) is 0 Å². The highest BCUT2D eigenvalue weighted by Crippen LogP contribution is 2.08. The van der Waals surface area contributed by atoms with Gasteiger partial charge >= 0.3 is 0 Å². The largest absolute Gasteiger partial charge is 0.411 e. The molecule has 0 amide bonds. The van der Waals surface area contributed by atoms with E-state index in [1.807, 2.05) is 0 Å². The van der Waals surface area contributed by atoms with E-state index in [0.717, 1.165) is 31.6 Å². The van der Waals surface area contributed by atoms with Crippen molar-refractivity contribution in [2.45, 2.75) is 46.0 Å². The van der Waals surface area contributed by atoms with E-state index in [4.69, 9.17) is 5.21 Å². The third-order valence-corrected chi connectivity index (χ3v) is 3.60. The number of likely N-dealkylation sites (tertiary alicyclic amines) is 1. The first kappa shape index (κ1) is 15.4. The first-order chi connectivity index (χ1) is 8.80. The molecule has 1 aliphatic heterocycles. The molecule has 1 rings (SSSR count). The Hall–Kier alpha value is -0.610. The van der Waals surface area contributed by atoms with E-state index in [1.54, 1.807) is 0 Å². The summed E-state index contributed by atoms with van der Waals surface area (Å²) in [4.78, 5) is 5.06. The van der Waals surface area contributed by atoms with Gasteiger partial charge in [-0.2, -0.15) is 0 Å². The second-order valence-electron chi connectivity index (χ2n) is 5.20. The molecule has 0 spiro atoms. The molecule has 0 atom stereocenters. The van der Waals surface area contributed by atoms with Gasteiger partial charge in [-0.1, -0.05) is 19.0 Å². The van der Waals surface area contributed by atoms with Gasteiger partial charge in [0.05, 0.1) is 5.71 Å². The molecule has 106 valence electrons. The molecule has 0 aromatic rings. The van der Waals surface area contributed by atoms with Crippen LogP contribution in [-0.2, 0) is 0 Å². The molecule has 1 aliphatic rings. The third kappa shape index (κ3) is 5.83. The van der Waals surface area contributed by atoms with E-state index in [0.29, 0.717) is 0 Å². The van der Waals surface area contributed by atoms with Crippen LogP contribution in [-0.4, -0.2) is 60.0 Å². The highest BCUT2D eigenvalue weighted by Gasteiger charge is 2.14. The van der Waals surface area contributed by atoms with Gasteiger partial charge in [-0.05, 0) is 45.4 Å². The normalized spacial score (nSPS) is 17.4. The van der Waals surface area contributed by atoms with Crippen LogP contribution in [0, 0.1) is 0 Å². The Bertz CT molecular complexity index is 227. The summed E-state index contributed by atoms with van der Waals surface area (Å²) in [7, 11) is 0. The van der Waals surface area contributed by atoms with Gasteiger partial charge in [-0.25, -0.2) is 0 Å². The van der Waals surface area contributed by atoms with Gasteiger partial charge in [0.2, 0.25) is 0 Å². The van der Waals surface area contributed by atoms with Crippen LogP contribution in [0.5, 0.6) is 0 Å². The Kier molecular flexibility index (Phi) is 8.01. The molecule has 0 aliphatic carbocycles. The lowest BCUT2D eigenvalue weighted by atomic mass is 10.1. The van der Waals surface area contributed by atoms with Gasteiger partial charge in [0, 0.05) is 25.9 Å². The summed E-state index contributed by atoms with van der Waals surface area (Å²) >= 11 is 0. The number of nitrogens with zero attached hydrogens (tertiary/aromatic N) is 3. The molecular formula is C14H29N3O. The van der Waals surface area contributed by atoms with Crippen molar-refractivity contribution < 1.29 is 5.21 Å². The minimum Gasteiger partial charge on any atom is -0.411 e. The lowest BCUT2D eigenvalue weighted by Gasteiger charge is -2.28. The minimum atomic E-state index is 0.935. The van der Waals surface area contributed by atoms with Crippen LogP contribution in [0.2, 0.25) is 0 Å². The summed E-state index contributed by atoms with van der Waals surface area (Å²) in [6.45, 7) is 11.5. The van der Waals surface area contributed by atoms with E-state index >= 15 is 0 Å². The van der Waals surface area contributed by atoms with Crippen LogP contribution < -0.4 is 0 Å². The van der Waals surface area contributed by atoms with Crippen molar-refractivity contribution in [2.75, 3.05) is 39.3 Å². The highest BCUT2D eigenvalue weighted by atomic mass is 16.4. The lowest BCUT2D eigenvalue weighted by Crippen LogP contribution is -2.36. The maximum Gasteiger partial charge on any atom is 0.0596 e. The predicted molar refractivity (Wildman–Crippen MR) is 76.5 cm³/mol. The molecule has 0 saturated carbocycles. The lowest BCUT2D eigenvalue weighted by molar-refractivity contribution is 0.223. The van der Waals surface area contributed by atoms with Crippen molar-refractivity contribution in [3.63, 3.8) is 0 Å². The first-order valence-electron chi connectivity index (χ1n) is 7.44. The molecule has 0 aromatic carbocycles. The number of hydrogen-bond donors (Lipinski definition) is 1. The van der Waals surface area contributed by atoms with Gasteiger partial charge in [0.25, 0.3) is 0 Å². The Labute approximate surface area is 112 Å². The fourth-order valence-electron chi connectivity index (χ4n) is 2.62. The Morgan fingerprint density at radius 2 is 1.72 bits per heavy atom. The number of piperidine rings is 1. The van der Waals surface area contributed by atoms with Crippen LogP contribution in [0.15, 0.2) is 5.16 Å². The molecule has 0 bridgehead atoms. The van der Waals surface area contributed by atoms with Crippen LogP contribution >= 0.6 is 0 Å². The fraction of sp³-hybridized carbons (Fsp3) is 0.929. The van der Waals surface area contributed by atoms with Gasteiger partial charge in [-0.15, -0.1) is 0 Å². The predicted octanol–water partition coefficient (Wildman–Crippen LogP) is 2.42. The maximum atomic E-state index is 8.71. The van der Waals surface area contributed by atoms with Crippen LogP contribution in [0.3, 0.4) is 0 Å². The van der Waals surface area contributed by atoms with Gasteiger partial charge < -0.3 is 15.0 Å². The summed E-state index contributed by atoms with van der Waals surface area (Å²) in [6, 6.07) is 0. The molecule has 0 aromatic heterocycles. The zero-order valence-electron chi connectivity index (χ0n) is 12.1. The Balaban J connectivity index is 2.13. The average molecular weight is 255 g/mol. The molecule has 18 heavy (non-hydrogen) atoms. The topological polar surface area (TPSA) is 39.1 Å². The van der Waals surface area contributed by atoms with E-state index in [1.165, 1.54) is 45.4 Å². The molecule has 4 heteroatoms. The second kappa shape index (κ2) is 9.34. The standard InChI is InChI=1S/C14H29N3O/c1-3-8-16(9-4-2)10-5-11-17-12-6-14(15-18)7-13-17/h18H,3-13H2,1-2H3. The molecular weight excluding hydrogens is 226 g/mol. The molecule has 1 fully saturated rings. The van der Waals surface area contributed by atoms with E-state index in [2.05, 4.69) is 28.8 Å². The second-order valence-corrected chi connectivity index (χ2v) is 5.20. The summed E-state index contributed by atoms with van der Waals surface area (Å²) < 4.78 is 0. The number of oxime groups is 1. The van der Waals surface area contributed by atoms with Gasteiger partial charge in [0.15, 0.2) is 0 Å². The van der Waals surface area contributed by atoms with Crippen molar-refractivity contribution in [1.82, 2.24) is 9.80 Å². The average Bonchev–Trinajstić information content (AvgIpc) is 2.40. The van der Waals surface area contributed by atoms with Crippen LogP contribution in [0.1, 0.15) is 46.0 Å². The Morgan fingerprint density at radius 1 is 1.11 bits per heavy atom. The summed E-state index contributed by atoms with van der Waals surface area (Å²) in [5, 5.41) is 12.0. The quantitative estimate of drug-likeness (QED) is 0.535. The molecule has 1 saturated heterocycles. The Morgan fingerprint density at radius 3 is 2.22 bits per heavy atom. The summed E-state index contributed by atoms with van der Waals surface area (Å²) in [6.07, 6.45) is 5.62. The van der Waals surface area contributed by atoms with Crippen molar-refractivity contribution in [3.05, 3.63) is 0 Å². The zero-order chi connectivity index (χ0) is 13.2. The molecule has 0 radical (unpaired) electrons. The highest BCUT2D eigenvalue weighted by molar-refractivity contribution is 5.84.